The molecule has 1 aromatic carbocycles. The number of benzene rings is 1. The second-order valence-electron chi connectivity index (χ2n) is 4.35. The van der Waals surface area contributed by atoms with Crippen LogP contribution in [0.2, 0.25) is 0 Å². The number of hydrogen-bond donors (Lipinski definition) is 2. The molecule has 0 fully saturated rings. The molecular weight excluding hydrogens is 298 g/mol. The van der Waals surface area contributed by atoms with Crippen molar-refractivity contribution in [3.8, 4) is 6.07 Å². The number of amides is 2. The first-order valence-electron chi connectivity index (χ1n) is 6.47. The minimum absolute atomic E-state index is 0.0672. The number of nitrogens with one attached hydrogen (secondary N) is 2. The van der Waals surface area contributed by atoms with Crippen LogP contribution in [0.5, 0.6) is 0 Å². The lowest BCUT2D eigenvalue weighted by molar-refractivity contribution is -0.126. The topological polar surface area (TPSA) is 82.0 Å². The molecule has 2 aromatic rings. The third kappa shape index (κ3) is 4.58. The van der Waals surface area contributed by atoms with Gasteiger partial charge in [0.25, 0.3) is 5.91 Å². The van der Waals surface area contributed by atoms with Gasteiger partial charge in [0.05, 0.1) is 6.42 Å². The smallest absolute Gasteiger partial charge is 0.273 e. The predicted octanol–water partition coefficient (Wildman–Crippen LogP) is 2.05. The van der Waals surface area contributed by atoms with Gasteiger partial charge in [0.2, 0.25) is 5.91 Å². The Bertz CT molecular complexity index is 716. The van der Waals surface area contributed by atoms with E-state index in [1.54, 1.807) is 6.07 Å². The maximum atomic E-state index is 11.8. The van der Waals surface area contributed by atoms with E-state index in [-0.39, 0.29) is 17.9 Å². The molecule has 0 unspecified atom stereocenters. The standard InChI is InChI=1S/C16H13N3O2S/c17-11-13(10-14-7-4-8-22-14)16(21)19-18-15(20)9-12-5-2-1-3-6-12/h1-8,10H,9H2,(H,18,20)(H,19,21)/b13-10-. The Morgan fingerprint density at radius 1 is 1.14 bits per heavy atom. The molecule has 0 saturated heterocycles. The highest BCUT2D eigenvalue weighted by molar-refractivity contribution is 7.10. The van der Waals surface area contributed by atoms with Crippen LogP contribution in [0.1, 0.15) is 10.4 Å². The van der Waals surface area contributed by atoms with E-state index in [0.29, 0.717) is 0 Å². The van der Waals surface area contributed by atoms with Crippen LogP contribution in [0.3, 0.4) is 0 Å². The molecule has 6 heteroatoms. The molecule has 0 aliphatic carbocycles. The van der Waals surface area contributed by atoms with Crippen molar-refractivity contribution in [2.45, 2.75) is 6.42 Å². The van der Waals surface area contributed by atoms with Gasteiger partial charge in [-0.25, -0.2) is 0 Å². The van der Waals surface area contributed by atoms with Gasteiger partial charge in [0.1, 0.15) is 11.6 Å². The molecule has 0 radical (unpaired) electrons. The van der Waals surface area contributed by atoms with Crippen molar-refractivity contribution in [3.63, 3.8) is 0 Å². The third-order valence-electron chi connectivity index (χ3n) is 2.72. The molecule has 1 heterocycles. The summed E-state index contributed by atoms with van der Waals surface area (Å²) in [7, 11) is 0. The van der Waals surface area contributed by atoms with E-state index in [2.05, 4.69) is 10.9 Å². The summed E-state index contributed by atoms with van der Waals surface area (Å²) in [5, 5.41) is 10.9. The molecule has 0 aliphatic heterocycles. The normalized spacial score (nSPS) is 10.6. The molecule has 0 saturated carbocycles. The lowest BCUT2D eigenvalue weighted by Gasteiger charge is -2.06. The highest BCUT2D eigenvalue weighted by Gasteiger charge is 2.10. The maximum absolute atomic E-state index is 11.8. The third-order valence-corrected chi connectivity index (χ3v) is 3.54. The summed E-state index contributed by atoms with van der Waals surface area (Å²) in [4.78, 5) is 24.4. The number of nitrogens with zero attached hydrogens (tertiary/aromatic N) is 1. The fraction of sp³-hybridized carbons (Fsp3) is 0.0625. The van der Waals surface area contributed by atoms with Crippen LogP contribution in [0, 0.1) is 11.3 Å². The van der Waals surface area contributed by atoms with Crippen LogP contribution >= 0.6 is 11.3 Å². The second-order valence-corrected chi connectivity index (χ2v) is 5.33. The Balaban J connectivity index is 1.89. The van der Waals surface area contributed by atoms with Gasteiger partial charge >= 0.3 is 0 Å². The largest absolute Gasteiger partial charge is 0.280 e. The van der Waals surface area contributed by atoms with Gasteiger partial charge in [-0.2, -0.15) is 5.26 Å². The second kappa shape index (κ2) is 7.76. The van der Waals surface area contributed by atoms with Crippen molar-refractivity contribution in [2.24, 2.45) is 0 Å². The van der Waals surface area contributed by atoms with E-state index in [1.807, 2.05) is 47.8 Å². The number of hydrazine groups is 1. The van der Waals surface area contributed by atoms with Crippen molar-refractivity contribution in [1.29, 1.82) is 5.26 Å². The first kappa shape index (κ1) is 15.5. The molecule has 2 N–H and O–H groups in total. The summed E-state index contributed by atoms with van der Waals surface area (Å²) in [6, 6.07) is 14.6. The van der Waals surface area contributed by atoms with Crippen LogP contribution in [0.4, 0.5) is 0 Å². The highest BCUT2D eigenvalue weighted by Crippen LogP contribution is 2.13. The number of carbonyl (C=O) groups excluding carboxylic acids is 2. The van der Waals surface area contributed by atoms with Crippen LogP contribution in [-0.2, 0) is 16.0 Å². The SMILES string of the molecule is N#C/C(=C/c1cccs1)C(=O)NNC(=O)Cc1ccccc1. The summed E-state index contributed by atoms with van der Waals surface area (Å²) in [6.07, 6.45) is 1.63. The molecule has 0 atom stereocenters. The Hall–Kier alpha value is -2.91. The summed E-state index contributed by atoms with van der Waals surface area (Å²) < 4.78 is 0. The monoisotopic (exact) mass is 311 g/mol. The molecular formula is C16H13N3O2S. The first-order valence-corrected chi connectivity index (χ1v) is 7.35. The number of hydrogen-bond acceptors (Lipinski definition) is 4. The molecule has 0 aliphatic rings. The fourth-order valence-corrected chi connectivity index (χ4v) is 2.34. The summed E-state index contributed by atoms with van der Waals surface area (Å²) >= 11 is 1.42. The molecule has 0 spiro atoms. The average Bonchev–Trinajstić information content (AvgIpc) is 3.04. The Morgan fingerprint density at radius 3 is 2.55 bits per heavy atom. The van der Waals surface area contributed by atoms with Crippen LogP contribution in [0.25, 0.3) is 6.08 Å². The Kier molecular flexibility index (Phi) is 5.46. The fourth-order valence-electron chi connectivity index (χ4n) is 1.68. The van der Waals surface area contributed by atoms with Crippen LogP contribution in [0.15, 0.2) is 53.4 Å². The van der Waals surface area contributed by atoms with Gasteiger partial charge in [-0.1, -0.05) is 36.4 Å². The summed E-state index contributed by atoms with van der Waals surface area (Å²) in [5.74, 6) is -0.995. The van der Waals surface area contributed by atoms with E-state index in [9.17, 15) is 9.59 Å². The van der Waals surface area contributed by atoms with Crippen molar-refractivity contribution in [3.05, 3.63) is 63.9 Å². The summed E-state index contributed by atoms with van der Waals surface area (Å²) in [6.45, 7) is 0. The van der Waals surface area contributed by atoms with E-state index < -0.39 is 5.91 Å². The molecule has 22 heavy (non-hydrogen) atoms. The number of carbonyl (C=O) groups is 2. The van der Waals surface area contributed by atoms with Gasteiger partial charge in [0, 0.05) is 4.88 Å². The first-order chi connectivity index (χ1) is 10.7. The van der Waals surface area contributed by atoms with Crippen molar-refractivity contribution in [1.82, 2.24) is 10.9 Å². The summed E-state index contributed by atoms with van der Waals surface area (Å²) in [5.41, 5.74) is 5.31. The zero-order valence-electron chi connectivity index (χ0n) is 11.6. The predicted molar refractivity (Wildman–Crippen MR) is 84.3 cm³/mol. The van der Waals surface area contributed by atoms with E-state index in [4.69, 9.17) is 5.26 Å². The number of nitriles is 1. The zero-order valence-corrected chi connectivity index (χ0v) is 12.4. The zero-order chi connectivity index (χ0) is 15.8. The number of thiophene rings is 1. The lowest BCUT2D eigenvalue weighted by atomic mass is 10.1. The van der Waals surface area contributed by atoms with E-state index >= 15 is 0 Å². The number of rotatable bonds is 4. The van der Waals surface area contributed by atoms with Crippen molar-refractivity contribution >= 4 is 29.2 Å². The van der Waals surface area contributed by atoms with Crippen molar-refractivity contribution in [2.75, 3.05) is 0 Å². The molecule has 2 amide bonds. The maximum Gasteiger partial charge on any atom is 0.280 e. The Labute approximate surface area is 131 Å². The van der Waals surface area contributed by atoms with Crippen LogP contribution < -0.4 is 10.9 Å². The molecule has 2 rings (SSSR count). The van der Waals surface area contributed by atoms with Crippen LogP contribution in [-0.4, -0.2) is 11.8 Å². The van der Waals surface area contributed by atoms with Gasteiger partial charge in [0.15, 0.2) is 0 Å². The average molecular weight is 311 g/mol. The van der Waals surface area contributed by atoms with E-state index in [1.165, 1.54) is 17.4 Å². The van der Waals surface area contributed by atoms with Gasteiger partial charge < -0.3 is 0 Å². The molecule has 0 bridgehead atoms. The van der Waals surface area contributed by atoms with E-state index in [0.717, 1.165) is 10.4 Å². The van der Waals surface area contributed by atoms with Gasteiger partial charge in [-0.05, 0) is 23.1 Å². The Morgan fingerprint density at radius 2 is 1.91 bits per heavy atom. The van der Waals surface area contributed by atoms with Gasteiger partial charge in [-0.3, -0.25) is 20.4 Å². The quantitative estimate of drug-likeness (QED) is 0.515. The molecule has 5 nitrogen and oxygen atoms in total. The molecule has 110 valence electrons. The lowest BCUT2D eigenvalue weighted by Crippen LogP contribution is -2.42. The van der Waals surface area contributed by atoms with Crippen molar-refractivity contribution < 1.29 is 9.59 Å². The minimum Gasteiger partial charge on any atom is -0.273 e. The van der Waals surface area contributed by atoms with Gasteiger partial charge in [-0.15, -0.1) is 11.3 Å². The molecule has 1 aromatic heterocycles. The minimum atomic E-state index is -0.641. The highest BCUT2D eigenvalue weighted by atomic mass is 32.1.